The first kappa shape index (κ1) is 25.4. The first-order chi connectivity index (χ1) is 16.6. The maximum absolute atomic E-state index is 13.4. The van der Waals surface area contributed by atoms with Crippen molar-refractivity contribution in [3.63, 3.8) is 0 Å². The van der Waals surface area contributed by atoms with E-state index in [4.69, 9.17) is 5.73 Å². The summed E-state index contributed by atoms with van der Waals surface area (Å²) in [4.78, 5) is 4.17. The highest BCUT2D eigenvalue weighted by molar-refractivity contribution is 5.77. The van der Waals surface area contributed by atoms with Crippen molar-refractivity contribution in [3.8, 4) is 6.07 Å². The van der Waals surface area contributed by atoms with Crippen LogP contribution in [0.25, 0.3) is 0 Å². The zero-order valence-electron chi connectivity index (χ0n) is 19.0. The van der Waals surface area contributed by atoms with Crippen LogP contribution in [-0.2, 0) is 6.18 Å². The highest BCUT2D eigenvalue weighted by Crippen LogP contribution is 2.39. The van der Waals surface area contributed by atoms with Crippen molar-refractivity contribution in [2.45, 2.75) is 32.9 Å². The molecule has 0 aliphatic carbocycles. The number of anilines is 4. The summed E-state index contributed by atoms with van der Waals surface area (Å²) in [6.45, 7) is 4.47. The zero-order valence-corrected chi connectivity index (χ0v) is 19.0. The summed E-state index contributed by atoms with van der Waals surface area (Å²) in [6, 6.07) is 11.3. The van der Waals surface area contributed by atoms with Crippen LogP contribution in [0.3, 0.4) is 0 Å². The van der Waals surface area contributed by atoms with Gasteiger partial charge in [-0.3, -0.25) is 0 Å². The molecule has 0 atom stereocenters. The van der Waals surface area contributed by atoms with E-state index in [1.165, 1.54) is 6.92 Å². The molecule has 4 N–H and O–H groups in total. The van der Waals surface area contributed by atoms with Crippen LogP contribution in [0.15, 0.2) is 52.7 Å². The largest absolute Gasteiger partial charge is 0.418 e. The molecule has 1 aromatic heterocycles. The second kappa shape index (κ2) is 10.8. The zero-order chi connectivity index (χ0) is 25.6. The van der Waals surface area contributed by atoms with Gasteiger partial charge >= 0.3 is 6.18 Å². The molecular formula is C24H23F4N7. The van der Waals surface area contributed by atoms with Gasteiger partial charge in [-0.05, 0) is 55.8 Å². The molecule has 3 rings (SSSR count). The summed E-state index contributed by atoms with van der Waals surface area (Å²) in [5, 5.41) is 23.4. The van der Waals surface area contributed by atoms with Gasteiger partial charge in [0.1, 0.15) is 23.4 Å². The van der Waals surface area contributed by atoms with Gasteiger partial charge in [-0.1, -0.05) is 13.3 Å². The van der Waals surface area contributed by atoms with E-state index in [1.807, 2.05) is 18.2 Å². The molecule has 0 amide bonds. The van der Waals surface area contributed by atoms with Crippen LogP contribution in [0.4, 0.5) is 51.9 Å². The Labute approximate surface area is 199 Å². The van der Waals surface area contributed by atoms with Crippen molar-refractivity contribution >= 4 is 34.4 Å². The molecule has 3 aromatic rings. The van der Waals surface area contributed by atoms with E-state index in [1.54, 1.807) is 12.1 Å². The Kier molecular flexibility index (Phi) is 7.86. The van der Waals surface area contributed by atoms with E-state index >= 15 is 0 Å². The molecule has 11 heteroatoms. The lowest BCUT2D eigenvalue weighted by Gasteiger charge is -2.14. The Morgan fingerprint density at radius 1 is 1.09 bits per heavy atom. The van der Waals surface area contributed by atoms with Crippen molar-refractivity contribution in [2.75, 3.05) is 22.9 Å². The van der Waals surface area contributed by atoms with E-state index in [0.717, 1.165) is 37.2 Å². The van der Waals surface area contributed by atoms with Crippen molar-refractivity contribution in [3.05, 3.63) is 65.0 Å². The molecule has 0 bridgehead atoms. The number of halogens is 4. The number of hydrogen-bond donors (Lipinski definition) is 3. The summed E-state index contributed by atoms with van der Waals surface area (Å²) in [5.41, 5.74) is 5.90. The molecule has 0 unspecified atom stereocenters. The van der Waals surface area contributed by atoms with Gasteiger partial charge in [-0.2, -0.15) is 18.4 Å². The molecular weight excluding hydrogens is 462 g/mol. The summed E-state index contributed by atoms with van der Waals surface area (Å²) in [6.07, 6.45) is -2.74. The van der Waals surface area contributed by atoms with Crippen LogP contribution < -0.4 is 16.4 Å². The van der Waals surface area contributed by atoms with Crippen molar-refractivity contribution < 1.29 is 17.6 Å². The summed E-state index contributed by atoms with van der Waals surface area (Å²) < 4.78 is 53.5. The minimum atomic E-state index is -4.84. The lowest BCUT2D eigenvalue weighted by atomic mass is 10.1. The second-order valence-electron chi connectivity index (χ2n) is 7.65. The molecule has 182 valence electrons. The number of aromatic nitrogens is 1. The Morgan fingerprint density at radius 3 is 2.40 bits per heavy atom. The molecule has 0 radical (unpaired) electrons. The van der Waals surface area contributed by atoms with Gasteiger partial charge in [0.2, 0.25) is 0 Å². The average Bonchev–Trinajstić information content (AvgIpc) is 2.80. The fourth-order valence-corrected chi connectivity index (χ4v) is 3.21. The van der Waals surface area contributed by atoms with Crippen molar-refractivity contribution in [1.82, 2.24) is 4.98 Å². The number of rotatable bonds is 8. The maximum atomic E-state index is 13.4. The quantitative estimate of drug-likeness (QED) is 0.175. The molecule has 1 heterocycles. The van der Waals surface area contributed by atoms with Gasteiger partial charge < -0.3 is 16.4 Å². The topological polar surface area (TPSA) is 111 Å². The molecule has 2 aromatic carbocycles. The highest BCUT2D eigenvalue weighted by atomic mass is 19.4. The number of pyridine rings is 1. The predicted molar refractivity (Wildman–Crippen MR) is 127 cm³/mol. The molecule has 0 aliphatic heterocycles. The number of azo groups is 1. The van der Waals surface area contributed by atoms with Gasteiger partial charge in [0, 0.05) is 23.5 Å². The number of benzene rings is 2. The molecule has 0 saturated carbocycles. The van der Waals surface area contributed by atoms with Crippen LogP contribution in [0.2, 0.25) is 0 Å². The average molecular weight is 485 g/mol. The van der Waals surface area contributed by atoms with Crippen LogP contribution >= 0.6 is 0 Å². The number of hydrogen-bond acceptors (Lipinski definition) is 7. The van der Waals surface area contributed by atoms with E-state index in [-0.39, 0.29) is 28.5 Å². The molecule has 0 spiro atoms. The number of nitrogens with zero attached hydrogens (tertiary/aromatic N) is 4. The summed E-state index contributed by atoms with van der Waals surface area (Å²) >= 11 is 0. The molecule has 0 fully saturated rings. The van der Waals surface area contributed by atoms with Gasteiger partial charge in [-0.15, -0.1) is 10.2 Å². The molecule has 35 heavy (non-hydrogen) atoms. The minimum Gasteiger partial charge on any atom is -0.385 e. The van der Waals surface area contributed by atoms with Gasteiger partial charge in [0.25, 0.3) is 0 Å². The Morgan fingerprint density at radius 2 is 1.77 bits per heavy atom. The highest BCUT2D eigenvalue weighted by Gasteiger charge is 2.34. The first-order valence-electron chi connectivity index (χ1n) is 10.7. The Bertz CT molecular complexity index is 1260. The Hall–Kier alpha value is -4.20. The summed E-state index contributed by atoms with van der Waals surface area (Å²) in [7, 11) is 0. The number of nitrogens with two attached hydrogens (primary N) is 1. The third-order valence-corrected chi connectivity index (χ3v) is 5.08. The van der Waals surface area contributed by atoms with E-state index < -0.39 is 23.2 Å². The van der Waals surface area contributed by atoms with Crippen LogP contribution in [0.5, 0.6) is 0 Å². The smallest absolute Gasteiger partial charge is 0.385 e. The lowest BCUT2D eigenvalue weighted by Crippen LogP contribution is -2.05. The lowest BCUT2D eigenvalue weighted by molar-refractivity contribution is -0.137. The third-order valence-electron chi connectivity index (χ3n) is 5.08. The van der Waals surface area contributed by atoms with Crippen molar-refractivity contribution in [1.29, 1.82) is 5.26 Å². The predicted octanol–water partition coefficient (Wildman–Crippen LogP) is 7.37. The number of nitriles is 1. The minimum absolute atomic E-state index is 0.0233. The number of nitrogen functional groups attached to an aromatic ring is 1. The number of nitrogens with one attached hydrogen (secondary N) is 2. The second-order valence-corrected chi connectivity index (χ2v) is 7.65. The molecule has 0 saturated heterocycles. The maximum Gasteiger partial charge on any atom is 0.418 e. The first-order valence-corrected chi connectivity index (χ1v) is 10.7. The number of unbranched alkanes of at least 4 members (excludes halogenated alkanes) is 1. The summed E-state index contributed by atoms with van der Waals surface area (Å²) in [5.74, 6) is -1.02. The fourth-order valence-electron chi connectivity index (χ4n) is 3.21. The SMILES string of the molecule is CCCCNc1ccc(Nc2nc(N)c(C#N)c(C)c2/N=N/c2ccc(F)cc2C(F)(F)F)cc1. The van der Waals surface area contributed by atoms with E-state index in [0.29, 0.717) is 11.8 Å². The van der Waals surface area contributed by atoms with E-state index in [9.17, 15) is 22.8 Å². The van der Waals surface area contributed by atoms with Crippen molar-refractivity contribution in [2.24, 2.45) is 10.2 Å². The van der Waals surface area contributed by atoms with Gasteiger partial charge in [-0.25, -0.2) is 9.37 Å². The molecule has 7 nitrogen and oxygen atoms in total. The number of alkyl halides is 3. The van der Waals surface area contributed by atoms with Gasteiger partial charge in [0.15, 0.2) is 5.82 Å². The normalized spacial score (nSPS) is 11.5. The third kappa shape index (κ3) is 6.23. The monoisotopic (exact) mass is 485 g/mol. The van der Waals surface area contributed by atoms with Crippen LogP contribution in [-0.4, -0.2) is 11.5 Å². The molecule has 0 aliphatic rings. The fraction of sp³-hybridized carbons (Fsp3) is 0.250. The standard InChI is InChI=1S/C24H23F4N7/c1-3-4-11-31-16-6-8-17(9-7-16)32-23-21(14(2)18(13-29)22(30)33-23)35-34-20-10-5-15(25)12-19(20)24(26,27)28/h5-10,12,31H,3-4,11H2,1-2H3,(H3,30,32,33)/b35-34+. The van der Waals surface area contributed by atoms with E-state index in [2.05, 4.69) is 32.8 Å². The van der Waals surface area contributed by atoms with Crippen LogP contribution in [0.1, 0.15) is 36.5 Å². The van der Waals surface area contributed by atoms with Gasteiger partial charge in [0.05, 0.1) is 16.8 Å². The van der Waals surface area contributed by atoms with Crippen LogP contribution in [0, 0.1) is 24.1 Å². The Balaban J connectivity index is 1.99.